The minimum Gasteiger partial charge on any atom is -0.207 e. The zero-order chi connectivity index (χ0) is 14.0. The van der Waals surface area contributed by atoms with Crippen LogP contribution in [0.2, 0.25) is 5.02 Å². The van der Waals surface area contributed by atoms with Gasteiger partial charge >= 0.3 is 0 Å². The Hall–Kier alpha value is -1.19. The maximum Gasteiger partial charge on any atom is 0.129 e. The zero-order valence-electron chi connectivity index (χ0n) is 9.64. The van der Waals surface area contributed by atoms with E-state index in [0.29, 0.717) is 5.56 Å². The number of rotatable bonds is 3. The molecule has 2 aromatic carbocycles. The first-order chi connectivity index (χ1) is 8.99. The molecular formula is C14H9Cl2F3. The van der Waals surface area contributed by atoms with E-state index in [2.05, 4.69) is 0 Å². The van der Waals surface area contributed by atoms with Crippen molar-refractivity contribution in [1.82, 2.24) is 0 Å². The van der Waals surface area contributed by atoms with Crippen LogP contribution in [0.3, 0.4) is 0 Å². The molecule has 1 atom stereocenters. The molecule has 100 valence electrons. The number of hydrogen-bond acceptors (Lipinski definition) is 0. The van der Waals surface area contributed by atoms with Gasteiger partial charge in [0.25, 0.3) is 0 Å². The van der Waals surface area contributed by atoms with Crippen LogP contribution in [-0.2, 0) is 6.42 Å². The molecule has 0 aromatic heterocycles. The maximum atomic E-state index is 13.5. The number of alkyl halides is 1. The van der Waals surface area contributed by atoms with Crippen molar-refractivity contribution in [3.05, 3.63) is 70.0 Å². The lowest BCUT2D eigenvalue weighted by Gasteiger charge is -2.13. The number of benzene rings is 2. The molecule has 2 aromatic rings. The molecule has 0 aliphatic rings. The van der Waals surface area contributed by atoms with Gasteiger partial charge < -0.3 is 0 Å². The van der Waals surface area contributed by atoms with E-state index in [9.17, 15) is 13.2 Å². The fourth-order valence-corrected chi connectivity index (χ4v) is 2.47. The Labute approximate surface area is 118 Å². The smallest absolute Gasteiger partial charge is 0.129 e. The molecule has 0 saturated heterocycles. The molecule has 0 fully saturated rings. The van der Waals surface area contributed by atoms with E-state index in [1.807, 2.05) is 0 Å². The molecular weight excluding hydrogens is 296 g/mol. The van der Waals surface area contributed by atoms with E-state index in [4.69, 9.17) is 23.2 Å². The van der Waals surface area contributed by atoms with Gasteiger partial charge in [0, 0.05) is 10.6 Å². The molecule has 0 saturated carbocycles. The van der Waals surface area contributed by atoms with Crippen molar-refractivity contribution in [3.63, 3.8) is 0 Å². The molecule has 2 rings (SSSR count). The molecule has 0 N–H and O–H groups in total. The minimum atomic E-state index is -0.737. The van der Waals surface area contributed by atoms with Crippen molar-refractivity contribution >= 4 is 23.2 Å². The van der Waals surface area contributed by atoms with Gasteiger partial charge in [0.05, 0.1) is 5.38 Å². The second-order valence-electron chi connectivity index (χ2n) is 4.04. The molecule has 0 aliphatic carbocycles. The van der Waals surface area contributed by atoms with Gasteiger partial charge in [0.2, 0.25) is 0 Å². The monoisotopic (exact) mass is 304 g/mol. The van der Waals surface area contributed by atoms with E-state index in [-0.39, 0.29) is 17.0 Å². The van der Waals surface area contributed by atoms with Gasteiger partial charge in [-0.15, -0.1) is 11.6 Å². The van der Waals surface area contributed by atoms with Crippen molar-refractivity contribution in [2.45, 2.75) is 11.8 Å². The van der Waals surface area contributed by atoms with Crippen molar-refractivity contribution < 1.29 is 13.2 Å². The summed E-state index contributed by atoms with van der Waals surface area (Å²) in [5.41, 5.74) is 0.329. The van der Waals surface area contributed by atoms with Gasteiger partial charge in [-0.1, -0.05) is 23.7 Å². The highest BCUT2D eigenvalue weighted by atomic mass is 35.5. The molecule has 0 aliphatic heterocycles. The molecule has 5 heteroatoms. The molecule has 1 unspecified atom stereocenters. The topological polar surface area (TPSA) is 0 Å². The second-order valence-corrected chi connectivity index (χ2v) is 4.97. The highest BCUT2D eigenvalue weighted by Gasteiger charge is 2.17. The summed E-state index contributed by atoms with van der Waals surface area (Å²) >= 11 is 12.0. The Kier molecular flexibility index (Phi) is 4.38. The van der Waals surface area contributed by atoms with Crippen LogP contribution >= 0.6 is 23.2 Å². The standard InChI is InChI=1S/C14H9Cl2F3/c15-11-6-8(17)4-5-9(11)12(16)7-10-13(18)2-1-3-14(10)19/h1-6,12H,7H2. The zero-order valence-corrected chi connectivity index (χ0v) is 11.2. The van der Waals surface area contributed by atoms with Gasteiger partial charge in [-0.2, -0.15) is 0 Å². The van der Waals surface area contributed by atoms with Gasteiger partial charge in [0.1, 0.15) is 17.5 Å². The van der Waals surface area contributed by atoms with Crippen LogP contribution < -0.4 is 0 Å². The SMILES string of the molecule is Fc1ccc(C(Cl)Cc2c(F)cccc2F)c(Cl)c1. The Morgan fingerprint density at radius 1 is 1.00 bits per heavy atom. The molecule has 0 nitrogen and oxygen atoms in total. The fraction of sp³-hybridized carbons (Fsp3) is 0.143. The van der Waals surface area contributed by atoms with Gasteiger partial charge in [-0.05, 0) is 36.2 Å². The average molecular weight is 305 g/mol. The third kappa shape index (κ3) is 3.23. The van der Waals surface area contributed by atoms with Crippen molar-refractivity contribution in [3.8, 4) is 0 Å². The Balaban J connectivity index is 2.28. The quantitative estimate of drug-likeness (QED) is 0.677. The molecule has 0 heterocycles. The Bertz CT molecular complexity index is 579. The summed E-state index contributed by atoms with van der Waals surface area (Å²) in [6.45, 7) is 0. The first kappa shape index (κ1) is 14.2. The lowest BCUT2D eigenvalue weighted by molar-refractivity contribution is 0.553. The number of hydrogen-bond donors (Lipinski definition) is 0. The molecule has 0 radical (unpaired) electrons. The van der Waals surface area contributed by atoms with Crippen LogP contribution in [0.5, 0.6) is 0 Å². The average Bonchev–Trinajstić information content (AvgIpc) is 2.33. The van der Waals surface area contributed by atoms with Gasteiger partial charge in [-0.3, -0.25) is 0 Å². The summed E-state index contributed by atoms with van der Waals surface area (Å²) in [6.07, 6.45) is -0.0641. The van der Waals surface area contributed by atoms with Crippen LogP contribution in [0.1, 0.15) is 16.5 Å². The third-order valence-electron chi connectivity index (χ3n) is 2.74. The van der Waals surface area contributed by atoms with Crippen LogP contribution in [-0.4, -0.2) is 0 Å². The maximum absolute atomic E-state index is 13.5. The summed E-state index contributed by atoms with van der Waals surface area (Å²) in [5, 5.41) is -0.601. The third-order valence-corrected chi connectivity index (χ3v) is 3.46. The highest BCUT2D eigenvalue weighted by molar-refractivity contribution is 6.32. The lowest BCUT2D eigenvalue weighted by atomic mass is 10.0. The van der Waals surface area contributed by atoms with Crippen LogP contribution in [0.25, 0.3) is 0 Å². The summed E-state index contributed by atoms with van der Waals surface area (Å²) in [4.78, 5) is 0. The van der Waals surface area contributed by atoms with Crippen molar-refractivity contribution in [2.24, 2.45) is 0 Å². The van der Waals surface area contributed by atoms with Crippen molar-refractivity contribution in [1.29, 1.82) is 0 Å². The molecule has 0 bridgehead atoms. The minimum absolute atomic E-state index is 0.0641. The Morgan fingerprint density at radius 2 is 1.63 bits per heavy atom. The summed E-state index contributed by atoms with van der Waals surface area (Å²) in [7, 11) is 0. The second kappa shape index (κ2) is 5.85. The van der Waals surface area contributed by atoms with E-state index in [1.54, 1.807) is 0 Å². The van der Waals surface area contributed by atoms with Crippen LogP contribution in [0.4, 0.5) is 13.2 Å². The van der Waals surface area contributed by atoms with Crippen molar-refractivity contribution in [2.75, 3.05) is 0 Å². The summed E-state index contributed by atoms with van der Waals surface area (Å²) < 4.78 is 39.9. The first-order valence-electron chi connectivity index (χ1n) is 5.51. The normalized spacial score (nSPS) is 12.5. The van der Waals surface area contributed by atoms with E-state index in [0.717, 1.165) is 18.2 Å². The van der Waals surface area contributed by atoms with Crippen LogP contribution in [0, 0.1) is 17.5 Å². The molecule has 0 amide bonds. The first-order valence-corrected chi connectivity index (χ1v) is 6.32. The fourth-order valence-electron chi connectivity index (χ4n) is 1.77. The van der Waals surface area contributed by atoms with Crippen LogP contribution in [0.15, 0.2) is 36.4 Å². The van der Waals surface area contributed by atoms with Gasteiger partial charge in [-0.25, -0.2) is 13.2 Å². The predicted molar refractivity (Wildman–Crippen MR) is 70.1 cm³/mol. The Morgan fingerprint density at radius 3 is 2.21 bits per heavy atom. The molecule has 0 spiro atoms. The van der Waals surface area contributed by atoms with E-state index < -0.39 is 22.8 Å². The molecule has 19 heavy (non-hydrogen) atoms. The number of halogens is 5. The van der Waals surface area contributed by atoms with Gasteiger partial charge in [0.15, 0.2) is 0 Å². The largest absolute Gasteiger partial charge is 0.207 e. The summed E-state index contributed by atoms with van der Waals surface area (Å²) in [6, 6.07) is 7.33. The predicted octanol–water partition coefficient (Wildman–Crippen LogP) is 5.28. The van der Waals surface area contributed by atoms with E-state index in [1.165, 1.54) is 18.2 Å². The lowest BCUT2D eigenvalue weighted by Crippen LogP contribution is -2.02. The summed E-state index contributed by atoms with van der Waals surface area (Å²) in [5.74, 6) is -1.82. The highest BCUT2D eigenvalue weighted by Crippen LogP contribution is 2.32. The van der Waals surface area contributed by atoms with E-state index >= 15 is 0 Å².